The number of aromatic carboxylic acids is 1. The number of carboxylic acids is 1. The number of hydrogen-bond acceptors (Lipinski definition) is 5. The Kier molecular flexibility index (Phi) is 5.28. The van der Waals surface area contributed by atoms with E-state index in [0.717, 1.165) is 6.07 Å². The molecule has 1 rings (SSSR count). The molecule has 0 unspecified atom stereocenters. The Hall–Kier alpha value is -1.64. The molecule has 0 spiro atoms. The molecule has 0 amide bonds. The monoisotopic (exact) mass is 288 g/mol. The van der Waals surface area contributed by atoms with Crippen LogP contribution in [-0.2, 0) is 10.0 Å². The number of nitrogens with one attached hydrogen (secondary N) is 2. The summed E-state index contributed by atoms with van der Waals surface area (Å²) >= 11 is 0. The van der Waals surface area contributed by atoms with Gasteiger partial charge in [-0.05, 0) is 18.2 Å². The van der Waals surface area contributed by atoms with E-state index in [9.17, 15) is 13.2 Å². The van der Waals surface area contributed by atoms with Crippen LogP contribution in [0.4, 0.5) is 5.69 Å². The number of benzene rings is 1. The lowest BCUT2D eigenvalue weighted by Crippen LogP contribution is -2.25. The molecule has 1 aromatic rings. The third-order valence-corrected chi connectivity index (χ3v) is 3.87. The van der Waals surface area contributed by atoms with E-state index in [0.29, 0.717) is 0 Å². The summed E-state index contributed by atoms with van der Waals surface area (Å²) in [7, 11) is -3.78. The van der Waals surface area contributed by atoms with Crippen LogP contribution in [0.15, 0.2) is 23.1 Å². The van der Waals surface area contributed by atoms with Gasteiger partial charge in [0, 0.05) is 13.1 Å². The minimum atomic E-state index is -3.78. The third kappa shape index (κ3) is 3.91. The first-order chi connectivity index (χ1) is 8.92. The first kappa shape index (κ1) is 15.4. The Labute approximate surface area is 111 Å². The van der Waals surface area contributed by atoms with Crippen molar-refractivity contribution in [3.05, 3.63) is 23.8 Å². The molecule has 0 atom stereocenters. The molecular formula is C11H16N2O5S. The molecule has 0 aliphatic carbocycles. The van der Waals surface area contributed by atoms with Crippen molar-refractivity contribution < 1.29 is 23.4 Å². The van der Waals surface area contributed by atoms with Gasteiger partial charge in [0.25, 0.3) is 0 Å². The van der Waals surface area contributed by atoms with Crippen molar-refractivity contribution in [2.45, 2.75) is 11.8 Å². The summed E-state index contributed by atoms with van der Waals surface area (Å²) in [5, 5.41) is 20.4. The largest absolute Gasteiger partial charge is 0.478 e. The van der Waals surface area contributed by atoms with Gasteiger partial charge in [0.15, 0.2) is 0 Å². The zero-order chi connectivity index (χ0) is 14.5. The highest BCUT2D eigenvalue weighted by molar-refractivity contribution is 7.89. The Morgan fingerprint density at radius 2 is 2.05 bits per heavy atom. The summed E-state index contributed by atoms with van der Waals surface area (Å²) in [6.07, 6.45) is 0. The summed E-state index contributed by atoms with van der Waals surface area (Å²) < 4.78 is 26.3. The fourth-order valence-corrected chi connectivity index (χ4v) is 2.73. The van der Waals surface area contributed by atoms with Crippen LogP contribution in [0.1, 0.15) is 17.3 Å². The fraction of sp³-hybridized carbons (Fsp3) is 0.364. The molecule has 106 valence electrons. The molecule has 4 N–H and O–H groups in total. The minimum absolute atomic E-state index is 0.119. The molecule has 0 fully saturated rings. The quantitative estimate of drug-likeness (QED) is 0.565. The first-order valence-electron chi connectivity index (χ1n) is 5.64. The van der Waals surface area contributed by atoms with Crippen LogP contribution in [0.5, 0.6) is 0 Å². The second kappa shape index (κ2) is 6.50. The lowest BCUT2D eigenvalue weighted by atomic mass is 10.2. The van der Waals surface area contributed by atoms with Crippen LogP contribution >= 0.6 is 0 Å². The number of sulfonamides is 1. The van der Waals surface area contributed by atoms with Gasteiger partial charge < -0.3 is 15.5 Å². The van der Waals surface area contributed by atoms with Crippen LogP contribution in [0, 0.1) is 0 Å². The molecule has 0 aliphatic heterocycles. The van der Waals surface area contributed by atoms with E-state index in [1.54, 1.807) is 6.92 Å². The van der Waals surface area contributed by atoms with E-state index >= 15 is 0 Å². The maximum absolute atomic E-state index is 12.0. The van der Waals surface area contributed by atoms with E-state index < -0.39 is 16.0 Å². The molecule has 8 heteroatoms. The van der Waals surface area contributed by atoms with Crippen LogP contribution in [0.3, 0.4) is 0 Å². The van der Waals surface area contributed by atoms with Gasteiger partial charge >= 0.3 is 5.97 Å². The number of aliphatic hydroxyl groups excluding tert-OH is 1. The van der Waals surface area contributed by atoms with Crippen molar-refractivity contribution in [1.29, 1.82) is 0 Å². The van der Waals surface area contributed by atoms with Crippen molar-refractivity contribution in [2.24, 2.45) is 0 Å². The minimum Gasteiger partial charge on any atom is -0.478 e. The second-order valence-electron chi connectivity index (χ2n) is 3.67. The van der Waals surface area contributed by atoms with E-state index in [4.69, 9.17) is 10.2 Å². The van der Waals surface area contributed by atoms with Crippen LogP contribution in [0.25, 0.3) is 0 Å². The van der Waals surface area contributed by atoms with Gasteiger partial charge in [-0.15, -0.1) is 0 Å². The first-order valence-corrected chi connectivity index (χ1v) is 7.12. The lowest BCUT2D eigenvalue weighted by Gasteiger charge is -2.12. The molecule has 0 aliphatic rings. The van der Waals surface area contributed by atoms with Gasteiger partial charge in [0.2, 0.25) is 10.0 Å². The summed E-state index contributed by atoms with van der Waals surface area (Å²) in [6.45, 7) is 1.82. The van der Waals surface area contributed by atoms with Gasteiger partial charge in [-0.1, -0.05) is 6.92 Å². The van der Waals surface area contributed by atoms with Crippen LogP contribution < -0.4 is 10.0 Å². The predicted molar refractivity (Wildman–Crippen MR) is 69.8 cm³/mol. The van der Waals surface area contributed by atoms with Crippen molar-refractivity contribution in [3.8, 4) is 0 Å². The standard InChI is InChI=1S/C11H16N2O5S/c1-2-13-19(17,18)10-7-8(11(15)16)3-4-9(10)12-5-6-14/h3-4,7,12-14H,2,5-6H2,1H3,(H,15,16). The summed E-state index contributed by atoms with van der Waals surface area (Å²) in [6, 6.07) is 3.75. The molecule has 0 saturated carbocycles. The lowest BCUT2D eigenvalue weighted by molar-refractivity contribution is 0.0696. The molecule has 19 heavy (non-hydrogen) atoms. The highest BCUT2D eigenvalue weighted by atomic mass is 32.2. The number of aliphatic hydroxyl groups is 1. The average Bonchev–Trinajstić information content (AvgIpc) is 2.35. The zero-order valence-corrected chi connectivity index (χ0v) is 11.2. The van der Waals surface area contributed by atoms with Crippen molar-refractivity contribution in [2.75, 3.05) is 25.0 Å². The van der Waals surface area contributed by atoms with E-state index in [1.807, 2.05) is 0 Å². The zero-order valence-electron chi connectivity index (χ0n) is 10.4. The Balaban J connectivity index is 3.29. The summed E-state index contributed by atoms with van der Waals surface area (Å²) in [5.74, 6) is -1.21. The number of anilines is 1. The Morgan fingerprint density at radius 3 is 2.58 bits per heavy atom. The molecule has 0 aromatic heterocycles. The Bertz CT molecular complexity index is 556. The third-order valence-electron chi connectivity index (χ3n) is 2.28. The number of carboxylic acid groups (broad SMARTS) is 1. The van der Waals surface area contributed by atoms with Gasteiger partial charge in [0.1, 0.15) is 4.90 Å². The highest BCUT2D eigenvalue weighted by Gasteiger charge is 2.19. The van der Waals surface area contributed by atoms with Gasteiger partial charge in [-0.3, -0.25) is 0 Å². The molecule has 0 saturated heterocycles. The Morgan fingerprint density at radius 1 is 1.37 bits per heavy atom. The van der Waals surface area contributed by atoms with Gasteiger partial charge in [-0.25, -0.2) is 17.9 Å². The topological polar surface area (TPSA) is 116 Å². The van der Waals surface area contributed by atoms with E-state index in [1.165, 1.54) is 12.1 Å². The molecule has 0 bridgehead atoms. The molecule has 0 heterocycles. The van der Waals surface area contributed by atoms with Gasteiger partial charge in [0.05, 0.1) is 17.9 Å². The maximum atomic E-state index is 12.0. The van der Waals surface area contributed by atoms with Crippen molar-refractivity contribution >= 4 is 21.7 Å². The maximum Gasteiger partial charge on any atom is 0.335 e. The van der Waals surface area contributed by atoms with Crippen LogP contribution in [-0.4, -0.2) is 44.3 Å². The van der Waals surface area contributed by atoms with Crippen molar-refractivity contribution in [3.63, 3.8) is 0 Å². The SMILES string of the molecule is CCNS(=O)(=O)c1cc(C(=O)O)ccc1NCCO. The molecule has 0 radical (unpaired) electrons. The average molecular weight is 288 g/mol. The number of carbonyl (C=O) groups is 1. The van der Waals surface area contributed by atoms with E-state index in [-0.39, 0.29) is 35.8 Å². The van der Waals surface area contributed by atoms with E-state index in [2.05, 4.69) is 10.0 Å². The molecular weight excluding hydrogens is 272 g/mol. The normalized spacial score (nSPS) is 11.3. The number of rotatable bonds is 7. The number of hydrogen-bond donors (Lipinski definition) is 4. The molecule has 1 aromatic carbocycles. The summed E-state index contributed by atoms with van der Waals surface area (Å²) in [5.41, 5.74) is 0.131. The smallest absolute Gasteiger partial charge is 0.335 e. The molecule has 7 nitrogen and oxygen atoms in total. The summed E-state index contributed by atoms with van der Waals surface area (Å²) in [4.78, 5) is 10.7. The fourth-order valence-electron chi connectivity index (χ4n) is 1.48. The highest BCUT2D eigenvalue weighted by Crippen LogP contribution is 2.22. The predicted octanol–water partition coefficient (Wildman–Crippen LogP) is 0.0872. The second-order valence-corrected chi connectivity index (χ2v) is 5.40. The van der Waals surface area contributed by atoms with Crippen molar-refractivity contribution in [1.82, 2.24) is 4.72 Å². The van der Waals surface area contributed by atoms with Crippen LogP contribution in [0.2, 0.25) is 0 Å². The van der Waals surface area contributed by atoms with Gasteiger partial charge in [-0.2, -0.15) is 0 Å².